The molecule has 1 aliphatic rings. The summed E-state index contributed by atoms with van der Waals surface area (Å²) in [4.78, 5) is 36.4. The minimum absolute atomic E-state index is 0.255. The molecule has 0 aromatic heterocycles. The fourth-order valence-electron chi connectivity index (χ4n) is 3.18. The number of ether oxygens (including phenoxy) is 3. The van der Waals surface area contributed by atoms with Crippen molar-refractivity contribution in [2.45, 2.75) is 56.8 Å². The van der Waals surface area contributed by atoms with Gasteiger partial charge in [-0.1, -0.05) is 30.3 Å². The predicted octanol–water partition coefficient (Wildman–Crippen LogP) is 2.64. The summed E-state index contributed by atoms with van der Waals surface area (Å²) in [6.07, 6.45) is -0.197. The molecule has 1 aliphatic heterocycles. The lowest BCUT2D eigenvalue weighted by atomic mass is 9.84. The molecular weight excluding hydrogens is 340 g/mol. The summed E-state index contributed by atoms with van der Waals surface area (Å²) in [5.74, 6) is -2.79. The number of carbonyl (C=O) groups is 3. The second-order valence-corrected chi connectivity index (χ2v) is 7.00. The molecule has 2 unspecified atom stereocenters. The van der Waals surface area contributed by atoms with Crippen LogP contribution in [0.5, 0.6) is 0 Å². The quantitative estimate of drug-likeness (QED) is 0.775. The van der Waals surface area contributed by atoms with Gasteiger partial charge in [-0.15, -0.1) is 0 Å². The summed E-state index contributed by atoms with van der Waals surface area (Å²) in [5.41, 5.74) is -1.87. The van der Waals surface area contributed by atoms with E-state index in [1.807, 2.05) is 13.8 Å². The lowest BCUT2D eigenvalue weighted by molar-refractivity contribution is -0.217. The minimum atomic E-state index is -1.56. The fourth-order valence-corrected chi connectivity index (χ4v) is 3.18. The van der Waals surface area contributed by atoms with E-state index in [-0.39, 0.29) is 12.8 Å². The van der Waals surface area contributed by atoms with Gasteiger partial charge in [0, 0.05) is 5.56 Å². The van der Waals surface area contributed by atoms with Crippen LogP contribution in [-0.4, -0.2) is 41.3 Å². The van der Waals surface area contributed by atoms with Crippen molar-refractivity contribution in [2.24, 2.45) is 0 Å². The Kier molecular flexibility index (Phi) is 6.02. The molecule has 0 bridgehead atoms. The number of benzene rings is 1. The van der Waals surface area contributed by atoms with E-state index in [4.69, 9.17) is 14.2 Å². The average molecular weight is 364 g/mol. The molecule has 1 saturated heterocycles. The molecule has 2 rings (SSSR count). The number of methoxy groups -OCH3 is 1. The second kappa shape index (κ2) is 7.86. The SMILES string of the molecule is COC(=O)CC1(C(=O)OC(C(=O)O)c2ccccc2)CCCC(C)(C)O1. The van der Waals surface area contributed by atoms with Gasteiger partial charge >= 0.3 is 17.9 Å². The summed E-state index contributed by atoms with van der Waals surface area (Å²) in [7, 11) is 1.22. The van der Waals surface area contributed by atoms with E-state index >= 15 is 0 Å². The smallest absolute Gasteiger partial charge is 0.349 e. The number of rotatable bonds is 6. The normalized spacial score (nSPS) is 22.9. The molecule has 142 valence electrons. The number of aliphatic carboxylic acids is 1. The lowest BCUT2D eigenvalue weighted by Gasteiger charge is -2.43. The van der Waals surface area contributed by atoms with Crippen molar-refractivity contribution in [3.8, 4) is 0 Å². The first kappa shape index (κ1) is 19.9. The van der Waals surface area contributed by atoms with Gasteiger partial charge < -0.3 is 19.3 Å². The molecule has 26 heavy (non-hydrogen) atoms. The highest BCUT2D eigenvalue weighted by atomic mass is 16.6. The third-order valence-corrected chi connectivity index (χ3v) is 4.41. The Hall–Kier alpha value is -2.41. The first-order valence-electron chi connectivity index (χ1n) is 8.45. The van der Waals surface area contributed by atoms with E-state index in [9.17, 15) is 19.5 Å². The Balaban J connectivity index is 2.30. The minimum Gasteiger partial charge on any atom is -0.478 e. The van der Waals surface area contributed by atoms with E-state index in [2.05, 4.69) is 0 Å². The van der Waals surface area contributed by atoms with Gasteiger partial charge in [-0.25, -0.2) is 9.59 Å². The maximum absolute atomic E-state index is 12.9. The van der Waals surface area contributed by atoms with Gasteiger partial charge in [0.15, 0.2) is 5.60 Å². The molecular formula is C19H24O7. The molecule has 1 aromatic carbocycles. The number of carbonyl (C=O) groups excluding carboxylic acids is 2. The highest BCUT2D eigenvalue weighted by molar-refractivity contribution is 5.88. The van der Waals surface area contributed by atoms with Crippen LogP contribution in [0.4, 0.5) is 0 Å². The number of esters is 2. The standard InChI is InChI=1S/C19H24O7/c1-18(2)10-7-11-19(26-18,12-14(20)24-3)17(23)25-15(16(21)22)13-8-5-4-6-9-13/h4-6,8-9,15H,7,10-12H2,1-3H3,(H,21,22). The van der Waals surface area contributed by atoms with Crippen LogP contribution in [0.3, 0.4) is 0 Å². The highest BCUT2D eigenvalue weighted by Gasteiger charge is 2.51. The van der Waals surface area contributed by atoms with Gasteiger partial charge in [0.1, 0.15) is 0 Å². The van der Waals surface area contributed by atoms with Crippen LogP contribution in [0.2, 0.25) is 0 Å². The Bertz CT molecular complexity index is 668. The molecule has 2 atom stereocenters. The third kappa shape index (κ3) is 4.60. The molecule has 0 amide bonds. The summed E-state index contributed by atoms with van der Waals surface area (Å²) in [5, 5.41) is 9.48. The molecule has 1 fully saturated rings. The van der Waals surface area contributed by atoms with Gasteiger partial charge in [-0.05, 0) is 33.1 Å². The molecule has 7 nitrogen and oxygen atoms in total. The van der Waals surface area contributed by atoms with Crippen LogP contribution in [0.25, 0.3) is 0 Å². The van der Waals surface area contributed by atoms with Crippen molar-refractivity contribution in [1.82, 2.24) is 0 Å². The predicted molar refractivity (Wildman–Crippen MR) is 91.3 cm³/mol. The molecule has 7 heteroatoms. The zero-order valence-electron chi connectivity index (χ0n) is 15.2. The zero-order chi connectivity index (χ0) is 19.4. The summed E-state index contributed by atoms with van der Waals surface area (Å²) in [6, 6.07) is 8.16. The molecule has 0 spiro atoms. The molecule has 1 aromatic rings. The Labute approximate surface area is 152 Å². The first-order chi connectivity index (χ1) is 12.2. The van der Waals surface area contributed by atoms with E-state index in [1.165, 1.54) is 7.11 Å². The van der Waals surface area contributed by atoms with Gasteiger partial charge in [0.2, 0.25) is 6.10 Å². The van der Waals surface area contributed by atoms with Crippen molar-refractivity contribution in [1.29, 1.82) is 0 Å². The van der Waals surface area contributed by atoms with E-state index < -0.39 is 35.2 Å². The molecule has 0 aliphatic carbocycles. The Morgan fingerprint density at radius 1 is 1.19 bits per heavy atom. The van der Waals surface area contributed by atoms with Crippen molar-refractivity contribution < 1.29 is 33.7 Å². The van der Waals surface area contributed by atoms with Crippen molar-refractivity contribution in [2.75, 3.05) is 7.11 Å². The van der Waals surface area contributed by atoms with Crippen molar-refractivity contribution in [3.05, 3.63) is 35.9 Å². The van der Waals surface area contributed by atoms with Crippen molar-refractivity contribution in [3.63, 3.8) is 0 Å². The van der Waals surface area contributed by atoms with Gasteiger partial charge in [-0.3, -0.25) is 4.79 Å². The average Bonchev–Trinajstić information content (AvgIpc) is 2.58. The molecule has 1 heterocycles. The number of hydrogen-bond acceptors (Lipinski definition) is 6. The van der Waals surface area contributed by atoms with Gasteiger partial charge in [0.05, 0.1) is 19.1 Å². The summed E-state index contributed by atoms with van der Waals surface area (Å²) < 4.78 is 15.9. The van der Waals surface area contributed by atoms with Crippen LogP contribution in [0, 0.1) is 0 Å². The highest BCUT2D eigenvalue weighted by Crippen LogP contribution is 2.39. The maximum Gasteiger partial charge on any atom is 0.349 e. The van der Waals surface area contributed by atoms with Crippen molar-refractivity contribution >= 4 is 17.9 Å². The van der Waals surface area contributed by atoms with Gasteiger partial charge in [-0.2, -0.15) is 0 Å². The maximum atomic E-state index is 12.9. The van der Waals surface area contributed by atoms with Crippen LogP contribution < -0.4 is 0 Å². The van der Waals surface area contributed by atoms with Crippen LogP contribution in [0.1, 0.15) is 51.2 Å². The largest absolute Gasteiger partial charge is 0.478 e. The number of carboxylic acids is 1. The Morgan fingerprint density at radius 2 is 1.85 bits per heavy atom. The molecule has 0 saturated carbocycles. The van der Waals surface area contributed by atoms with Gasteiger partial charge in [0.25, 0.3) is 0 Å². The first-order valence-corrected chi connectivity index (χ1v) is 8.45. The van der Waals surface area contributed by atoms with E-state index in [0.29, 0.717) is 18.4 Å². The van der Waals surface area contributed by atoms with Crippen LogP contribution >= 0.6 is 0 Å². The summed E-state index contributed by atoms with van der Waals surface area (Å²) in [6.45, 7) is 3.63. The topological polar surface area (TPSA) is 99.1 Å². The van der Waals surface area contributed by atoms with E-state index in [0.717, 1.165) is 0 Å². The monoisotopic (exact) mass is 364 g/mol. The van der Waals surface area contributed by atoms with Crippen LogP contribution in [-0.2, 0) is 28.6 Å². The summed E-state index contributed by atoms with van der Waals surface area (Å²) >= 11 is 0. The second-order valence-electron chi connectivity index (χ2n) is 7.00. The third-order valence-electron chi connectivity index (χ3n) is 4.41. The fraction of sp³-hybridized carbons (Fsp3) is 0.526. The molecule has 1 N–H and O–H groups in total. The number of carboxylic acid groups (broad SMARTS) is 1. The Morgan fingerprint density at radius 3 is 2.38 bits per heavy atom. The van der Waals surface area contributed by atoms with Crippen LogP contribution in [0.15, 0.2) is 30.3 Å². The zero-order valence-corrected chi connectivity index (χ0v) is 15.2. The molecule has 0 radical (unpaired) electrons. The van der Waals surface area contributed by atoms with E-state index in [1.54, 1.807) is 30.3 Å². The lowest BCUT2D eigenvalue weighted by Crippen LogP contribution is -2.53. The number of hydrogen-bond donors (Lipinski definition) is 1.